The van der Waals surface area contributed by atoms with Gasteiger partial charge in [-0.15, -0.1) is 6.58 Å². The van der Waals surface area contributed by atoms with E-state index in [-0.39, 0.29) is 0 Å². The molecule has 0 saturated carbocycles. The van der Waals surface area contributed by atoms with Crippen molar-refractivity contribution in [1.29, 1.82) is 0 Å². The van der Waals surface area contributed by atoms with Gasteiger partial charge in [-0.1, -0.05) is 36.4 Å². The van der Waals surface area contributed by atoms with Crippen molar-refractivity contribution < 1.29 is 4.74 Å². The normalized spacial score (nSPS) is 21.6. The summed E-state index contributed by atoms with van der Waals surface area (Å²) in [5.74, 6) is 0.620. The summed E-state index contributed by atoms with van der Waals surface area (Å²) in [7, 11) is 0. The van der Waals surface area contributed by atoms with Crippen LogP contribution >= 0.6 is 0 Å². The van der Waals surface area contributed by atoms with Crippen LogP contribution in [-0.2, 0) is 11.2 Å². The van der Waals surface area contributed by atoms with Crippen molar-refractivity contribution >= 4 is 0 Å². The Hall–Kier alpha value is -1.08. The fraction of sp³-hybridized carbons (Fsp3) is 0.385. The molecule has 1 heteroatoms. The van der Waals surface area contributed by atoms with Gasteiger partial charge in [0.25, 0.3) is 0 Å². The summed E-state index contributed by atoms with van der Waals surface area (Å²) >= 11 is 0. The van der Waals surface area contributed by atoms with Crippen molar-refractivity contribution in [1.82, 2.24) is 0 Å². The average molecular weight is 188 g/mol. The van der Waals surface area contributed by atoms with Gasteiger partial charge in [-0.2, -0.15) is 0 Å². The van der Waals surface area contributed by atoms with Crippen LogP contribution in [0.1, 0.15) is 12.0 Å². The first-order chi connectivity index (χ1) is 6.90. The summed E-state index contributed by atoms with van der Waals surface area (Å²) in [6.07, 6.45) is 4.64. The topological polar surface area (TPSA) is 12.5 Å². The van der Waals surface area contributed by atoms with Crippen molar-refractivity contribution in [3.05, 3.63) is 48.6 Å². The van der Waals surface area contributed by atoms with Gasteiger partial charge in [0.05, 0.1) is 12.7 Å². The van der Waals surface area contributed by atoms with E-state index < -0.39 is 0 Å². The van der Waals surface area contributed by atoms with Gasteiger partial charge in [0, 0.05) is 0 Å². The number of ether oxygens (including phenoxy) is 1. The number of benzene rings is 1. The monoisotopic (exact) mass is 188 g/mol. The Morgan fingerprint density at radius 3 is 2.71 bits per heavy atom. The first kappa shape index (κ1) is 9.47. The van der Waals surface area contributed by atoms with E-state index in [9.17, 15) is 0 Å². The third kappa shape index (κ3) is 2.46. The maximum Gasteiger partial charge on any atom is 0.0844 e. The van der Waals surface area contributed by atoms with E-state index in [1.54, 1.807) is 0 Å². The smallest absolute Gasteiger partial charge is 0.0844 e. The molecule has 0 aromatic heterocycles. The zero-order valence-corrected chi connectivity index (χ0v) is 8.36. The summed E-state index contributed by atoms with van der Waals surface area (Å²) < 4.78 is 5.35. The zero-order chi connectivity index (χ0) is 9.80. The van der Waals surface area contributed by atoms with Gasteiger partial charge >= 0.3 is 0 Å². The van der Waals surface area contributed by atoms with Gasteiger partial charge in [0.15, 0.2) is 0 Å². The number of hydrogen-bond acceptors (Lipinski definition) is 1. The van der Waals surface area contributed by atoms with Crippen LogP contribution in [0.25, 0.3) is 0 Å². The SMILES string of the molecule is C=CCC(Cc1ccccc1)C1CO1. The van der Waals surface area contributed by atoms with E-state index in [0.29, 0.717) is 12.0 Å². The van der Waals surface area contributed by atoms with Crippen LogP contribution in [-0.4, -0.2) is 12.7 Å². The maximum atomic E-state index is 5.35. The average Bonchev–Trinajstić information content (AvgIpc) is 3.02. The molecule has 0 aliphatic carbocycles. The molecule has 0 spiro atoms. The van der Waals surface area contributed by atoms with Crippen molar-refractivity contribution in [2.75, 3.05) is 6.61 Å². The molecule has 0 bridgehead atoms. The minimum Gasteiger partial charge on any atom is -0.373 e. The third-order valence-corrected chi connectivity index (χ3v) is 2.70. The lowest BCUT2D eigenvalue weighted by atomic mass is 9.93. The highest BCUT2D eigenvalue weighted by molar-refractivity contribution is 5.16. The molecule has 1 aromatic rings. The van der Waals surface area contributed by atoms with Crippen LogP contribution in [0, 0.1) is 5.92 Å². The number of epoxide rings is 1. The van der Waals surface area contributed by atoms with Gasteiger partial charge in [-0.25, -0.2) is 0 Å². The molecule has 2 rings (SSSR count). The fourth-order valence-electron chi connectivity index (χ4n) is 1.83. The van der Waals surface area contributed by atoms with Crippen LogP contribution < -0.4 is 0 Å². The van der Waals surface area contributed by atoms with Gasteiger partial charge < -0.3 is 4.74 Å². The number of hydrogen-bond donors (Lipinski definition) is 0. The largest absolute Gasteiger partial charge is 0.373 e. The maximum absolute atomic E-state index is 5.35. The van der Waals surface area contributed by atoms with Gasteiger partial charge in [0.2, 0.25) is 0 Å². The van der Waals surface area contributed by atoms with Crippen LogP contribution in [0.5, 0.6) is 0 Å². The molecule has 1 heterocycles. The van der Waals surface area contributed by atoms with E-state index >= 15 is 0 Å². The standard InChI is InChI=1S/C13H16O/c1-2-6-12(13-10-14-13)9-11-7-4-3-5-8-11/h2-5,7-8,12-13H,1,6,9-10H2. The molecule has 1 aliphatic heterocycles. The van der Waals surface area contributed by atoms with Gasteiger partial charge in [-0.3, -0.25) is 0 Å². The quantitative estimate of drug-likeness (QED) is 0.511. The molecule has 1 saturated heterocycles. The summed E-state index contributed by atoms with van der Waals surface area (Å²) in [6, 6.07) is 10.6. The predicted molar refractivity (Wildman–Crippen MR) is 58.2 cm³/mol. The van der Waals surface area contributed by atoms with E-state index in [1.807, 2.05) is 6.08 Å². The molecule has 1 aliphatic rings. The van der Waals surface area contributed by atoms with Crippen LogP contribution in [0.4, 0.5) is 0 Å². The Bertz CT molecular complexity index is 287. The molecular weight excluding hydrogens is 172 g/mol. The van der Waals surface area contributed by atoms with E-state index in [0.717, 1.165) is 19.4 Å². The first-order valence-corrected chi connectivity index (χ1v) is 5.16. The lowest BCUT2D eigenvalue weighted by molar-refractivity contribution is 0.327. The second kappa shape index (κ2) is 4.43. The third-order valence-electron chi connectivity index (χ3n) is 2.70. The Morgan fingerprint density at radius 1 is 1.43 bits per heavy atom. The highest BCUT2D eigenvalue weighted by atomic mass is 16.6. The molecule has 0 amide bonds. The molecule has 1 aromatic carbocycles. The minimum atomic E-state index is 0.480. The van der Waals surface area contributed by atoms with E-state index in [1.165, 1.54) is 5.56 Å². The highest BCUT2D eigenvalue weighted by Crippen LogP contribution is 2.26. The molecule has 74 valence electrons. The molecule has 1 nitrogen and oxygen atoms in total. The van der Waals surface area contributed by atoms with E-state index in [4.69, 9.17) is 4.74 Å². The summed E-state index contributed by atoms with van der Waals surface area (Å²) in [4.78, 5) is 0. The van der Waals surface area contributed by atoms with Crippen LogP contribution in [0.15, 0.2) is 43.0 Å². The summed E-state index contributed by atoms with van der Waals surface area (Å²) in [6.45, 7) is 4.73. The lowest BCUT2D eigenvalue weighted by Gasteiger charge is -2.11. The lowest BCUT2D eigenvalue weighted by Crippen LogP contribution is -2.10. The predicted octanol–water partition coefficient (Wildman–Crippen LogP) is 2.82. The van der Waals surface area contributed by atoms with Crippen LogP contribution in [0.3, 0.4) is 0 Å². The van der Waals surface area contributed by atoms with Gasteiger partial charge in [-0.05, 0) is 24.3 Å². The second-order valence-electron chi connectivity index (χ2n) is 3.85. The van der Waals surface area contributed by atoms with Crippen LogP contribution in [0.2, 0.25) is 0 Å². The number of allylic oxidation sites excluding steroid dienone is 1. The fourth-order valence-corrected chi connectivity index (χ4v) is 1.83. The highest BCUT2D eigenvalue weighted by Gasteiger charge is 2.31. The molecule has 1 fully saturated rings. The van der Waals surface area contributed by atoms with Crippen molar-refractivity contribution in [3.8, 4) is 0 Å². The van der Waals surface area contributed by atoms with Gasteiger partial charge in [0.1, 0.15) is 0 Å². The molecule has 2 unspecified atom stereocenters. The minimum absolute atomic E-state index is 0.480. The molecule has 14 heavy (non-hydrogen) atoms. The Kier molecular flexibility index (Phi) is 3.00. The summed E-state index contributed by atoms with van der Waals surface area (Å²) in [5, 5.41) is 0. The van der Waals surface area contributed by atoms with Crippen molar-refractivity contribution in [2.45, 2.75) is 18.9 Å². The zero-order valence-electron chi connectivity index (χ0n) is 8.36. The second-order valence-corrected chi connectivity index (χ2v) is 3.85. The van der Waals surface area contributed by atoms with Crippen molar-refractivity contribution in [2.24, 2.45) is 5.92 Å². The Morgan fingerprint density at radius 2 is 2.14 bits per heavy atom. The Labute approximate surface area is 85.4 Å². The number of rotatable bonds is 5. The first-order valence-electron chi connectivity index (χ1n) is 5.16. The Balaban J connectivity index is 1.96. The van der Waals surface area contributed by atoms with E-state index in [2.05, 4.69) is 36.9 Å². The van der Waals surface area contributed by atoms with Crippen molar-refractivity contribution in [3.63, 3.8) is 0 Å². The molecule has 0 radical (unpaired) electrons. The molecular formula is C13H16O. The summed E-state index contributed by atoms with van der Waals surface area (Å²) in [5.41, 5.74) is 1.40. The molecule has 2 atom stereocenters. The molecule has 0 N–H and O–H groups in total.